The normalized spacial score (nSPS) is 15.0. The molecule has 0 atom stereocenters. The number of pyridine rings is 1. The van der Waals surface area contributed by atoms with Crippen molar-refractivity contribution in [3.63, 3.8) is 0 Å². The molecule has 0 fully saturated rings. The van der Waals surface area contributed by atoms with Crippen LogP contribution in [0.5, 0.6) is 5.75 Å². The minimum atomic E-state index is -0.624. The Morgan fingerprint density at radius 2 is 1.74 bits per heavy atom. The Morgan fingerprint density at radius 1 is 1.00 bits per heavy atom. The number of ether oxygens (including phenoxy) is 1. The molecule has 0 N–H and O–H groups in total. The van der Waals surface area contributed by atoms with Crippen LogP contribution in [-0.4, -0.2) is 28.0 Å². The van der Waals surface area contributed by atoms with Crippen LogP contribution in [0.4, 0.5) is 11.4 Å². The number of fused-ring (bicyclic) bond motifs is 1. The van der Waals surface area contributed by atoms with Gasteiger partial charge in [-0.1, -0.05) is 12.1 Å². The second-order valence-corrected chi connectivity index (χ2v) is 7.10. The molecule has 0 spiro atoms. The first-order valence-electron chi connectivity index (χ1n) is 8.69. The van der Waals surface area contributed by atoms with Crippen molar-refractivity contribution in [1.29, 1.82) is 0 Å². The molecule has 0 aliphatic carbocycles. The zero-order valence-corrected chi connectivity index (χ0v) is 15.7. The minimum absolute atomic E-state index is 0.00450. The molecule has 4 rings (SSSR count). The maximum atomic E-state index is 13.2. The topological polar surface area (TPSA) is 68.2 Å². The van der Waals surface area contributed by atoms with Gasteiger partial charge in [0.25, 0.3) is 0 Å². The third-order valence-corrected chi connectivity index (χ3v) is 4.96. The summed E-state index contributed by atoms with van der Waals surface area (Å²) in [5.74, 6) is 1.33. The summed E-state index contributed by atoms with van der Waals surface area (Å²) in [7, 11) is 1.58. The van der Waals surface area contributed by atoms with Crippen molar-refractivity contribution in [1.82, 2.24) is 15.0 Å². The number of rotatable bonds is 3. The summed E-state index contributed by atoms with van der Waals surface area (Å²) in [4.78, 5) is 27.7. The second kappa shape index (κ2) is 6.16. The van der Waals surface area contributed by atoms with Crippen LogP contribution in [0.25, 0.3) is 11.1 Å². The Kier molecular flexibility index (Phi) is 3.91. The van der Waals surface area contributed by atoms with Crippen LogP contribution >= 0.6 is 0 Å². The molecule has 0 radical (unpaired) electrons. The molecule has 6 heteroatoms. The van der Waals surface area contributed by atoms with E-state index >= 15 is 0 Å². The number of methoxy groups -OCH3 is 1. The van der Waals surface area contributed by atoms with Crippen LogP contribution in [0, 0.1) is 6.92 Å². The van der Waals surface area contributed by atoms with Crippen molar-refractivity contribution >= 4 is 17.3 Å². The average molecular weight is 360 g/mol. The lowest BCUT2D eigenvalue weighted by Crippen LogP contribution is -2.33. The van der Waals surface area contributed by atoms with Gasteiger partial charge < -0.3 is 4.74 Å². The summed E-state index contributed by atoms with van der Waals surface area (Å²) in [6, 6.07) is 7.85. The van der Waals surface area contributed by atoms with Gasteiger partial charge in [0.05, 0.1) is 36.3 Å². The van der Waals surface area contributed by atoms with Gasteiger partial charge in [0.15, 0.2) is 0 Å². The van der Waals surface area contributed by atoms with Crippen LogP contribution in [0.15, 0.2) is 49.1 Å². The number of amides is 1. The molecular weight excluding hydrogens is 340 g/mol. The second-order valence-electron chi connectivity index (χ2n) is 7.10. The quantitative estimate of drug-likeness (QED) is 0.710. The molecule has 27 heavy (non-hydrogen) atoms. The number of nitrogens with zero attached hydrogens (tertiary/aromatic N) is 4. The summed E-state index contributed by atoms with van der Waals surface area (Å²) in [6.45, 7) is 5.73. The maximum absolute atomic E-state index is 13.2. The average Bonchev–Trinajstić information content (AvgIpc) is 2.88. The molecule has 3 aromatic rings. The Hall–Kier alpha value is -3.28. The van der Waals surface area contributed by atoms with Crippen molar-refractivity contribution in [2.24, 2.45) is 0 Å². The summed E-state index contributed by atoms with van der Waals surface area (Å²) >= 11 is 0. The highest BCUT2D eigenvalue weighted by atomic mass is 16.5. The van der Waals surface area contributed by atoms with Crippen molar-refractivity contribution in [3.8, 4) is 16.9 Å². The summed E-state index contributed by atoms with van der Waals surface area (Å²) < 4.78 is 5.28. The van der Waals surface area contributed by atoms with Gasteiger partial charge >= 0.3 is 0 Å². The number of aromatic nitrogens is 3. The van der Waals surface area contributed by atoms with Gasteiger partial charge in [-0.3, -0.25) is 14.7 Å². The van der Waals surface area contributed by atoms with Gasteiger partial charge in [-0.2, -0.15) is 0 Å². The molecule has 1 amide bonds. The molecule has 0 saturated heterocycles. The monoisotopic (exact) mass is 360 g/mol. The van der Waals surface area contributed by atoms with Gasteiger partial charge in [0.2, 0.25) is 5.91 Å². The van der Waals surface area contributed by atoms with Crippen molar-refractivity contribution < 1.29 is 9.53 Å². The summed E-state index contributed by atoms with van der Waals surface area (Å²) in [6.07, 6.45) is 6.89. The lowest BCUT2D eigenvalue weighted by molar-refractivity contribution is -0.121. The van der Waals surface area contributed by atoms with Crippen LogP contribution in [-0.2, 0) is 10.2 Å². The fourth-order valence-electron chi connectivity index (χ4n) is 3.37. The first-order valence-corrected chi connectivity index (χ1v) is 8.69. The molecule has 6 nitrogen and oxygen atoms in total. The lowest BCUT2D eigenvalue weighted by Gasteiger charge is -2.20. The number of carbonyl (C=O) groups is 1. The minimum Gasteiger partial charge on any atom is -0.495 e. The Labute approximate surface area is 157 Å². The first kappa shape index (κ1) is 17.1. The number of anilines is 2. The van der Waals surface area contributed by atoms with E-state index in [2.05, 4.69) is 15.0 Å². The maximum Gasteiger partial charge on any atom is 0.241 e. The molecule has 136 valence electrons. The number of aryl methyl sites for hydroxylation is 1. The molecule has 0 saturated carbocycles. The Balaban J connectivity index is 1.87. The van der Waals surface area contributed by atoms with Crippen molar-refractivity contribution in [2.75, 3.05) is 12.0 Å². The highest BCUT2D eigenvalue weighted by molar-refractivity contribution is 6.13. The van der Waals surface area contributed by atoms with E-state index in [1.165, 1.54) is 0 Å². The smallest absolute Gasteiger partial charge is 0.241 e. The van der Waals surface area contributed by atoms with Gasteiger partial charge in [0, 0.05) is 24.0 Å². The van der Waals surface area contributed by atoms with E-state index < -0.39 is 5.41 Å². The molecule has 2 aromatic heterocycles. The summed E-state index contributed by atoms with van der Waals surface area (Å²) in [5.41, 5.74) is 3.75. The molecule has 1 aliphatic rings. The molecular formula is C21H20N4O2. The number of carbonyl (C=O) groups excluding carboxylic acids is 1. The Bertz CT molecular complexity index is 1030. The highest BCUT2D eigenvalue weighted by Gasteiger charge is 2.44. The van der Waals surface area contributed by atoms with Crippen molar-refractivity contribution in [2.45, 2.75) is 26.2 Å². The summed E-state index contributed by atoms with van der Waals surface area (Å²) in [5, 5.41) is 0. The molecule has 1 aromatic carbocycles. The highest BCUT2D eigenvalue weighted by Crippen LogP contribution is 2.46. The predicted octanol–water partition coefficient (Wildman–Crippen LogP) is 3.81. The Morgan fingerprint density at radius 3 is 2.44 bits per heavy atom. The predicted molar refractivity (Wildman–Crippen MR) is 103 cm³/mol. The largest absolute Gasteiger partial charge is 0.495 e. The zero-order chi connectivity index (χ0) is 19.2. The van der Waals surface area contributed by atoms with Gasteiger partial charge in [-0.15, -0.1) is 0 Å². The van der Waals surface area contributed by atoms with Gasteiger partial charge in [-0.05, 0) is 38.0 Å². The van der Waals surface area contributed by atoms with Crippen LogP contribution in [0.3, 0.4) is 0 Å². The van der Waals surface area contributed by atoms with Gasteiger partial charge in [0.1, 0.15) is 11.6 Å². The van der Waals surface area contributed by atoms with E-state index in [1.54, 1.807) is 36.8 Å². The van der Waals surface area contributed by atoms with Crippen LogP contribution in [0.1, 0.15) is 25.2 Å². The standard InChI is InChI=1S/C21H20N4O2/c1-13-23-9-15(10-24-13)14-5-6-18-19(7-14)25(20(26)21(18,2)3)16-8-17(27-4)12-22-11-16/h5-12H,1-4H3. The van der Waals surface area contributed by atoms with E-state index in [9.17, 15) is 4.79 Å². The van der Waals surface area contributed by atoms with E-state index in [4.69, 9.17) is 4.74 Å². The number of hydrogen-bond acceptors (Lipinski definition) is 5. The third kappa shape index (κ3) is 2.73. The molecule has 3 heterocycles. The number of hydrogen-bond donors (Lipinski definition) is 0. The van der Waals surface area contributed by atoms with Crippen LogP contribution in [0.2, 0.25) is 0 Å². The van der Waals surface area contributed by atoms with E-state index in [0.717, 1.165) is 28.2 Å². The molecule has 0 bridgehead atoms. The zero-order valence-electron chi connectivity index (χ0n) is 15.7. The van der Waals surface area contributed by atoms with E-state index in [-0.39, 0.29) is 5.91 Å². The molecule has 1 aliphatic heterocycles. The van der Waals surface area contributed by atoms with E-state index in [1.807, 2.05) is 45.0 Å². The van der Waals surface area contributed by atoms with Crippen molar-refractivity contribution in [3.05, 3.63) is 60.4 Å². The van der Waals surface area contributed by atoms with Crippen LogP contribution < -0.4 is 9.64 Å². The first-order chi connectivity index (χ1) is 12.9. The fraction of sp³-hybridized carbons (Fsp3) is 0.238. The van der Waals surface area contributed by atoms with Gasteiger partial charge in [-0.25, -0.2) is 9.97 Å². The SMILES string of the molecule is COc1cncc(N2C(=O)C(C)(C)c3ccc(-c4cnc(C)nc4)cc32)c1. The molecule has 0 unspecified atom stereocenters. The lowest BCUT2D eigenvalue weighted by atomic mass is 9.85. The fourth-order valence-corrected chi connectivity index (χ4v) is 3.37. The third-order valence-electron chi connectivity index (χ3n) is 4.96. The number of benzene rings is 1. The van der Waals surface area contributed by atoms with E-state index in [0.29, 0.717) is 11.4 Å².